The number of primary amides is 1. The van der Waals surface area contributed by atoms with Gasteiger partial charge in [0.1, 0.15) is 12.0 Å². The van der Waals surface area contributed by atoms with Crippen LogP contribution in [0.5, 0.6) is 5.75 Å². The number of benzene rings is 2. The highest BCUT2D eigenvalue weighted by atomic mass is 127. The molecule has 3 aromatic rings. The molecule has 31 heavy (non-hydrogen) atoms. The van der Waals surface area contributed by atoms with Crippen LogP contribution in [0.3, 0.4) is 0 Å². The number of nitrogens with two attached hydrogens (primary N) is 1. The van der Waals surface area contributed by atoms with Gasteiger partial charge in [-0.25, -0.2) is 9.98 Å². The molecule has 0 spiro atoms. The van der Waals surface area contributed by atoms with Crippen molar-refractivity contribution in [1.82, 2.24) is 15.6 Å². The van der Waals surface area contributed by atoms with Gasteiger partial charge in [-0.2, -0.15) is 0 Å². The number of aliphatic imine (C=N–C) groups is 1. The Morgan fingerprint density at radius 1 is 1.16 bits per heavy atom. The van der Waals surface area contributed by atoms with Crippen molar-refractivity contribution in [3.63, 3.8) is 0 Å². The molecule has 164 valence electrons. The second-order valence-corrected chi connectivity index (χ2v) is 6.46. The van der Waals surface area contributed by atoms with Crippen LogP contribution in [0.4, 0.5) is 0 Å². The Labute approximate surface area is 198 Å². The van der Waals surface area contributed by atoms with E-state index in [1.807, 2.05) is 55.5 Å². The maximum atomic E-state index is 10.9. The van der Waals surface area contributed by atoms with Crippen LogP contribution in [-0.2, 0) is 17.9 Å². The zero-order chi connectivity index (χ0) is 21.2. The predicted octanol–water partition coefficient (Wildman–Crippen LogP) is 3.08. The van der Waals surface area contributed by atoms with Crippen molar-refractivity contribution < 1.29 is 13.9 Å². The first-order valence-electron chi connectivity index (χ1n) is 9.66. The zero-order valence-corrected chi connectivity index (χ0v) is 19.5. The van der Waals surface area contributed by atoms with E-state index in [4.69, 9.17) is 14.9 Å². The Balaban J connectivity index is 0.00000341. The Morgan fingerprint density at radius 3 is 2.71 bits per heavy atom. The van der Waals surface area contributed by atoms with E-state index in [0.29, 0.717) is 30.7 Å². The van der Waals surface area contributed by atoms with Crippen molar-refractivity contribution in [2.45, 2.75) is 20.0 Å². The van der Waals surface area contributed by atoms with Crippen LogP contribution < -0.4 is 21.1 Å². The number of hydrogen-bond acceptors (Lipinski definition) is 5. The lowest BCUT2D eigenvalue weighted by Crippen LogP contribution is -2.36. The standard InChI is InChI=1S/C22H25N5O3.HI/c1-2-24-22(25-12-16-7-6-10-19(11-16)29-15-20(23)28)26-13-18-14-30-21(27-18)17-8-4-3-5-9-17;/h3-11,14H,2,12-13,15H2,1H3,(H2,23,28)(H2,24,25,26);1H. The lowest BCUT2D eigenvalue weighted by molar-refractivity contribution is -0.119. The van der Waals surface area contributed by atoms with Gasteiger partial charge in [0, 0.05) is 12.1 Å². The molecule has 1 amide bonds. The van der Waals surface area contributed by atoms with E-state index in [9.17, 15) is 4.79 Å². The Kier molecular flexibility index (Phi) is 9.82. The molecule has 0 saturated heterocycles. The second kappa shape index (κ2) is 12.6. The van der Waals surface area contributed by atoms with Crippen molar-refractivity contribution in [1.29, 1.82) is 0 Å². The van der Waals surface area contributed by atoms with Gasteiger partial charge < -0.3 is 25.5 Å². The van der Waals surface area contributed by atoms with Gasteiger partial charge in [0.05, 0.1) is 18.8 Å². The number of oxazole rings is 1. The Bertz CT molecular complexity index is 992. The van der Waals surface area contributed by atoms with Gasteiger partial charge in [0.2, 0.25) is 5.89 Å². The topological polar surface area (TPSA) is 115 Å². The molecule has 4 N–H and O–H groups in total. The summed E-state index contributed by atoms with van der Waals surface area (Å²) in [6, 6.07) is 17.1. The summed E-state index contributed by atoms with van der Waals surface area (Å²) in [5.74, 6) is 1.31. The van der Waals surface area contributed by atoms with Crippen LogP contribution in [-0.4, -0.2) is 30.0 Å². The molecule has 0 atom stereocenters. The number of guanidine groups is 1. The van der Waals surface area contributed by atoms with Crippen LogP contribution in [0.15, 0.2) is 70.3 Å². The molecular weight excluding hydrogens is 509 g/mol. The van der Waals surface area contributed by atoms with Crippen molar-refractivity contribution in [2.24, 2.45) is 10.7 Å². The molecule has 8 nitrogen and oxygen atoms in total. The number of hydrogen-bond donors (Lipinski definition) is 3. The van der Waals surface area contributed by atoms with Gasteiger partial charge in [0.25, 0.3) is 5.91 Å². The number of nitrogens with one attached hydrogen (secondary N) is 2. The number of carbonyl (C=O) groups excluding carboxylic acids is 1. The van der Waals surface area contributed by atoms with Crippen molar-refractivity contribution in [3.8, 4) is 17.2 Å². The number of aromatic nitrogens is 1. The van der Waals surface area contributed by atoms with E-state index >= 15 is 0 Å². The average molecular weight is 535 g/mol. The lowest BCUT2D eigenvalue weighted by atomic mass is 10.2. The summed E-state index contributed by atoms with van der Waals surface area (Å²) in [6.07, 6.45) is 1.64. The fourth-order valence-electron chi connectivity index (χ4n) is 2.68. The SMILES string of the molecule is CCNC(=NCc1cccc(OCC(N)=O)c1)NCc1coc(-c2ccccc2)n1.I. The Morgan fingerprint density at radius 2 is 1.97 bits per heavy atom. The van der Waals surface area contributed by atoms with Crippen molar-refractivity contribution >= 4 is 35.8 Å². The summed E-state index contributed by atoms with van der Waals surface area (Å²) in [4.78, 5) is 20.0. The average Bonchev–Trinajstić information content (AvgIpc) is 3.24. The number of rotatable bonds is 9. The summed E-state index contributed by atoms with van der Waals surface area (Å²) >= 11 is 0. The number of halogens is 1. The summed E-state index contributed by atoms with van der Waals surface area (Å²) in [5, 5.41) is 6.46. The van der Waals surface area contributed by atoms with Crippen LogP contribution in [0.25, 0.3) is 11.5 Å². The summed E-state index contributed by atoms with van der Waals surface area (Å²) < 4.78 is 10.9. The summed E-state index contributed by atoms with van der Waals surface area (Å²) in [6.45, 7) is 3.49. The number of carbonyl (C=O) groups is 1. The van der Waals surface area contributed by atoms with Crippen molar-refractivity contribution in [3.05, 3.63) is 72.1 Å². The molecule has 9 heteroatoms. The number of amides is 1. The fraction of sp³-hybridized carbons (Fsp3) is 0.227. The van der Waals surface area contributed by atoms with Gasteiger partial charge in [-0.15, -0.1) is 24.0 Å². The fourth-order valence-corrected chi connectivity index (χ4v) is 2.68. The quantitative estimate of drug-likeness (QED) is 0.221. The van der Waals surface area contributed by atoms with Gasteiger partial charge in [0.15, 0.2) is 12.6 Å². The normalized spacial score (nSPS) is 10.8. The van der Waals surface area contributed by atoms with E-state index in [0.717, 1.165) is 23.4 Å². The van der Waals surface area contributed by atoms with E-state index < -0.39 is 5.91 Å². The first-order chi connectivity index (χ1) is 14.6. The van der Waals surface area contributed by atoms with Crippen LogP contribution >= 0.6 is 24.0 Å². The van der Waals surface area contributed by atoms with Crippen LogP contribution in [0.1, 0.15) is 18.2 Å². The first-order valence-corrected chi connectivity index (χ1v) is 9.66. The highest BCUT2D eigenvalue weighted by Gasteiger charge is 2.07. The van der Waals surface area contributed by atoms with Gasteiger partial charge in [-0.1, -0.05) is 30.3 Å². The maximum Gasteiger partial charge on any atom is 0.255 e. The van der Waals surface area contributed by atoms with E-state index in [1.165, 1.54) is 0 Å². The van der Waals surface area contributed by atoms with Crippen molar-refractivity contribution in [2.75, 3.05) is 13.2 Å². The minimum atomic E-state index is -0.514. The molecular formula is C22H26IN5O3. The molecule has 1 aromatic heterocycles. The van der Waals surface area contributed by atoms with E-state index in [2.05, 4.69) is 20.6 Å². The minimum Gasteiger partial charge on any atom is -0.484 e. The molecule has 2 aromatic carbocycles. The monoisotopic (exact) mass is 535 g/mol. The Hall–Kier alpha value is -3.08. The smallest absolute Gasteiger partial charge is 0.255 e. The molecule has 1 heterocycles. The van der Waals surface area contributed by atoms with Gasteiger partial charge in [-0.3, -0.25) is 4.79 Å². The molecule has 3 rings (SSSR count). The van der Waals surface area contributed by atoms with Gasteiger partial charge in [-0.05, 0) is 36.8 Å². The molecule has 0 aliphatic carbocycles. The third kappa shape index (κ3) is 7.93. The van der Waals surface area contributed by atoms with E-state index in [-0.39, 0.29) is 30.6 Å². The predicted molar refractivity (Wildman–Crippen MR) is 130 cm³/mol. The third-order valence-electron chi connectivity index (χ3n) is 4.05. The molecule has 0 fully saturated rings. The minimum absolute atomic E-state index is 0. The number of ether oxygens (including phenoxy) is 1. The second-order valence-electron chi connectivity index (χ2n) is 6.46. The highest BCUT2D eigenvalue weighted by Crippen LogP contribution is 2.18. The first kappa shape index (κ1) is 24.2. The molecule has 0 aliphatic rings. The van der Waals surface area contributed by atoms with Gasteiger partial charge >= 0.3 is 0 Å². The molecule has 0 aliphatic heterocycles. The highest BCUT2D eigenvalue weighted by molar-refractivity contribution is 14.0. The molecule has 0 radical (unpaired) electrons. The maximum absolute atomic E-state index is 10.9. The van der Waals surface area contributed by atoms with Crippen LogP contribution in [0, 0.1) is 0 Å². The lowest BCUT2D eigenvalue weighted by Gasteiger charge is -2.10. The van der Waals surface area contributed by atoms with Crippen LogP contribution in [0.2, 0.25) is 0 Å². The van der Waals surface area contributed by atoms with E-state index in [1.54, 1.807) is 12.3 Å². The molecule has 0 saturated carbocycles. The summed E-state index contributed by atoms with van der Waals surface area (Å²) in [5.41, 5.74) is 7.77. The number of nitrogens with zero attached hydrogens (tertiary/aromatic N) is 2. The zero-order valence-electron chi connectivity index (χ0n) is 17.2. The third-order valence-corrected chi connectivity index (χ3v) is 4.05. The molecule has 0 unspecified atom stereocenters. The summed E-state index contributed by atoms with van der Waals surface area (Å²) in [7, 11) is 0. The largest absolute Gasteiger partial charge is 0.484 e. The molecule has 0 bridgehead atoms.